The van der Waals surface area contributed by atoms with Crippen molar-refractivity contribution in [2.45, 2.75) is 6.92 Å². The lowest BCUT2D eigenvalue weighted by Crippen LogP contribution is -2.03. The Hall–Kier alpha value is -2.72. The Morgan fingerprint density at radius 3 is 2.29 bits per heavy atom. The third-order valence-electron chi connectivity index (χ3n) is 3.58. The maximum Gasteiger partial charge on any atom is 0.340 e. The second kappa shape index (κ2) is 7.23. The summed E-state index contributed by atoms with van der Waals surface area (Å²) in [6.07, 6.45) is 1.82. The number of thiazole rings is 1. The van der Waals surface area contributed by atoms with E-state index in [9.17, 15) is 4.79 Å². The summed E-state index contributed by atoms with van der Waals surface area (Å²) in [6, 6.07) is 18.3. The number of esters is 1. The van der Waals surface area contributed by atoms with Crippen LogP contribution in [0.5, 0.6) is 0 Å². The summed E-state index contributed by atoms with van der Waals surface area (Å²) in [5.74, 6) is -0.378. The van der Waals surface area contributed by atoms with Crippen molar-refractivity contribution in [1.29, 1.82) is 0 Å². The van der Waals surface area contributed by atoms with E-state index in [0.717, 1.165) is 22.4 Å². The van der Waals surface area contributed by atoms with Crippen LogP contribution >= 0.6 is 11.3 Å². The molecule has 0 radical (unpaired) electrons. The Morgan fingerprint density at radius 1 is 1.04 bits per heavy atom. The van der Waals surface area contributed by atoms with Crippen molar-refractivity contribution in [3.63, 3.8) is 0 Å². The smallest absolute Gasteiger partial charge is 0.340 e. The molecule has 0 saturated heterocycles. The van der Waals surface area contributed by atoms with Crippen LogP contribution in [-0.2, 0) is 9.53 Å². The maximum atomic E-state index is 12.1. The highest BCUT2D eigenvalue weighted by molar-refractivity contribution is 7.11. The number of carbonyl (C=O) groups excluding carboxylic acids is 1. The number of benzene rings is 2. The van der Waals surface area contributed by atoms with Crippen molar-refractivity contribution < 1.29 is 9.53 Å². The number of aromatic nitrogens is 1. The molecule has 0 aliphatic heterocycles. The molecule has 24 heavy (non-hydrogen) atoms. The van der Waals surface area contributed by atoms with E-state index in [2.05, 4.69) is 17.1 Å². The van der Waals surface area contributed by atoms with E-state index in [1.807, 2.05) is 60.8 Å². The highest BCUT2D eigenvalue weighted by Gasteiger charge is 2.15. The van der Waals surface area contributed by atoms with Gasteiger partial charge in [-0.1, -0.05) is 54.6 Å². The van der Waals surface area contributed by atoms with Gasteiger partial charge in [-0.2, -0.15) is 0 Å². The van der Waals surface area contributed by atoms with Crippen molar-refractivity contribution in [1.82, 2.24) is 4.98 Å². The zero-order chi connectivity index (χ0) is 16.9. The first kappa shape index (κ1) is 16.1. The molecule has 0 bridgehead atoms. The Balaban J connectivity index is 1.94. The number of carbonyl (C=O) groups is 1. The molecule has 0 spiro atoms. The minimum absolute atomic E-state index is 0.378. The summed E-state index contributed by atoms with van der Waals surface area (Å²) in [6.45, 7) is 1.91. The van der Waals surface area contributed by atoms with Gasteiger partial charge < -0.3 is 4.74 Å². The first-order chi connectivity index (χ1) is 11.7. The van der Waals surface area contributed by atoms with Gasteiger partial charge in [0.15, 0.2) is 0 Å². The third-order valence-corrected chi connectivity index (χ3v) is 4.58. The maximum absolute atomic E-state index is 12.1. The van der Waals surface area contributed by atoms with Gasteiger partial charge in [0.25, 0.3) is 0 Å². The van der Waals surface area contributed by atoms with E-state index in [0.29, 0.717) is 10.6 Å². The minimum Gasteiger partial charge on any atom is -0.465 e. The molecule has 120 valence electrons. The summed E-state index contributed by atoms with van der Waals surface area (Å²) < 4.78 is 4.90. The van der Waals surface area contributed by atoms with Gasteiger partial charge in [-0.05, 0) is 29.7 Å². The molecule has 0 aliphatic rings. The molecule has 0 N–H and O–H groups in total. The average Bonchev–Trinajstić information content (AvgIpc) is 3.06. The molecular weight excluding hydrogens is 318 g/mol. The topological polar surface area (TPSA) is 39.2 Å². The van der Waals surface area contributed by atoms with Gasteiger partial charge in [-0.3, -0.25) is 0 Å². The predicted octanol–water partition coefficient (Wildman–Crippen LogP) is 4.83. The Kier molecular flexibility index (Phi) is 4.87. The molecule has 3 aromatic rings. The van der Waals surface area contributed by atoms with Crippen LogP contribution in [0.15, 0.2) is 60.0 Å². The number of aryl methyl sites for hydroxylation is 1. The number of rotatable bonds is 4. The third kappa shape index (κ3) is 3.60. The highest BCUT2D eigenvalue weighted by Crippen LogP contribution is 2.25. The monoisotopic (exact) mass is 335 g/mol. The van der Waals surface area contributed by atoms with Crippen LogP contribution in [0.4, 0.5) is 0 Å². The molecule has 1 heterocycles. The lowest BCUT2D eigenvalue weighted by molar-refractivity contribution is -0.133. The van der Waals surface area contributed by atoms with Crippen LogP contribution in [0.2, 0.25) is 0 Å². The largest absolute Gasteiger partial charge is 0.465 e. The first-order valence-corrected chi connectivity index (χ1v) is 8.43. The van der Waals surface area contributed by atoms with Gasteiger partial charge in [-0.25, -0.2) is 9.78 Å². The molecule has 0 saturated carbocycles. The number of ether oxygens (including phenoxy) is 1. The zero-order valence-corrected chi connectivity index (χ0v) is 14.3. The number of hydrogen-bond acceptors (Lipinski definition) is 4. The molecule has 0 fully saturated rings. The minimum atomic E-state index is -0.378. The average molecular weight is 335 g/mol. The zero-order valence-electron chi connectivity index (χ0n) is 13.5. The van der Waals surface area contributed by atoms with E-state index in [1.54, 1.807) is 0 Å². The quantitative estimate of drug-likeness (QED) is 0.506. The van der Waals surface area contributed by atoms with Crippen molar-refractivity contribution >= 4 is 29.0 Å². The Labute approximate surface area is 145 Å². The van der Waals surface area contributed by atoms with Crippen LogP contribution in [0, 0.1) is 6.92 Å². The van der Waals surface area contributed by atoms with E-state index in [-0.39, 0.29) is 5.97 Å². The van der Waals surface area contributed by atoms with Gasteiger partial charge >= 0.3 is 5.97 Å². The fourth-order valence-electron chi connectivity index (χ4n) is 2.36. The van der Waals surface area contributed by atoms with Crippen LogP contribution in [0.25, 0.3) is 22.8 Å². The number of nitrogens with zero attached hydrogens (tertiary/aromatic N) is 1. The van der Waals surface area contributed by atoms with Gasteiger partial charge in [0.2, 0.25) is 0 Å². The molecule has 0 aliphatic carbocycles. The molecule has 2 aromatic carbocycles. The summed E-state index contributed by atoms with van der Waals surface area (Å²) in [5, 5.41) is 2.59. The van der Waals surface area contributed by atoms with Crippen molar-refractivity contribution in [2.24, 2.45) is 0 Å². The summed E-state index contributed by atoms with van der Waals surface area (Å²) in [7, 11) is 1.38. The second-order valence-corrected chi connectivity index (χ2v) is 6.19. The normalized spacial score (nSPS) is 11.3. The van der Waals surface area contributed by atoms with Crippen LogP contribution in [0.3, 0.4) is 0 Å². The fraction of sp³-hybridized carbons (Fsp3) is 0.100. The molecule has 4 heteroatoms. The number of methoxy groups -OCH3 is 1. The predicted molar refractivity (Wildman–Crippen MR) is 98.6 cm³/mol. The standard InChI is InChI=1S/C20H17NO2S/c1-14-13-24-19(21-14)18(20(22)23-2)12-15-8-10-17(11-9-15)16-6-4-3-5-7-16/h3-13H,1-2H3/b18-12-. The van der Waals surface area contributed by atoms with Crippen molar-refractivity contribution in [3.05, 3.63) is 76.2 Å². The Bertz CT molecular complexity index is 864. The highest BCUT2D eigenvalue weighted by atomic mass is 32.1. The fourth-order valence-corrected chi connectivity index (χ4v) is 3.17. The van der Waals surface area contributed by atoms with Crippen LogP contribution < -0.4 is 0 Å². The Morgan fingerprint density at radius 2 is 1.71 bits per heavy atom. The molecule has 0 unspecified atom stereocenters. The number of hydrogen-bond donors (Lipinski definition) is 0. The lowest BCUT2D eigenvalue weighted by atomic mass is 10.0. The molecule has 1 aromatic heterocycles. The van der Waals surface area contributed by atoms with E-state index < -0.39 is 0 Å². The van der Waals surface area contributed by atoms with Gasteiger partial charge in [-0.15, -0.1) is 11.3 Å². The van der Waals surface area contributed by atoms with Gasteiger partial charge in [0, 0.05) is 11.1 Å². The van der Waals surface area contributed by atoms with Crippen molar-refractivity contribution in [2.75, 3.05) is 7.11 Å². The van der Waals surface area contributed by atoms with Gasteiger partial charge in [0.05, 0.1) is 12.7 Å². The molecule has 0 atom stereocenters. The second-order valence-electron chi connectivity index (χ2n) is 5.33. The van der Waals surface area contributed by atoms with E-state index >= 15 is 0 Å². The van der Waals surface area contributed by atoms with Crippen LogP contribution in [-0.4, -0.2) is 18.1 Å². The van der Waals surface area contributed by atoms with Crippen LogP contribution in [0.1, 0.15) is 16.3 Å². The summed E-state index contributed by atoms with van der Waals surface area (Å²) in [4.78, 5) is 16.5. The van der Waals surface area contributed by atoms with Gasteiger partial charge in [0.1, 0.15) is 5.01 Å². The van der Waals surface area contributed by atoms with Crippen molar-refractivity contribution in [3.8, 4) is 11.1 Å². The van der Waals surface area contributed by atoms with E-state index in [1.165, 1.54) is 18.4 Å². The SMILES string of the molecule is COC(=O)/C(=C\c1ccc(-c2ccccc2)cc1)c1nc(C)cs1. The molecule has 0 amide bonds. The van der Waals surface area contributed by atoms with E-state index in [4.69, 9.17) is 4.74 Å². The first-order valence-electron chi connectivity index (χ1n) is 7.55. The lowest BCUT2D eigenvalue weighted by Gasteiger charge is -2.04. The summed E-state index contributed by atoms with van der Waals surface area (Å²) >= 11 is 1.44. The molecular formula is C20H17NO2S. The molecule has 3 nitrogen and oxygen atoms in total. The summed E-state index contributed by atoms with van der Waals surface area (Å²) in [5.41, 5.74) is 4.60. The molecule has 3 rings (SSSR count).